The Balaban J connectivity index is 1.47. The average molecular weight is 432 g/mol. The Kier molecular flexibility index (Phi) is 5.76. The van der Waals surface area contributed by atoms with E-state index in [1.807, 2.05) is 42.0 Å². The summed E-state index contributed by atoms with van der Waals surface area (Å²) in [7, 11) is 0. The Labute approximate surface area is 184 Å². The molecular formula is C22H21N7OS. The van der Waals surface area contributed by atoms with Gasteiger partial charge in [0.2, 0.25) is 11.9 Å². The molecule has 9 heteroatoms. The van der Waals surface area contributed by atoms with Gasteiger partial charge in [-0.1, -0.05) is 12.1 Å². The monoisotopic (exact) mass is 431 g/mol. The van der Waals surface area contributed by atoms with Crippen LogP contribution in [0.2, 0.25) is 0 Å². The number of aromatic nitrogens is 5. The van der Waals surface area contributed by atoms with Crippen LogP contribution in [0.15, 0.2) is 60.5 Å². The van der Waals surface area contributed by atoms with Crippen molar-refractivity contribution in [2.45, 2.75) is 6.54 Å². The molecule has 1 aliphatic heterocycles. The number of ether oxygens (including phenoxy) is 1. The molecule has 0 unspecified atom stereocenters. The normalized spacial score (nSPS) is 13.9. The highest BCUT2D eigenvalue weighted by Gasteiger charge is 2.18. The summed E-state index contributed by atoms with van der Waals surface area (Å²) in [5, 5.41) is 5.34. The van der Waals surface area contributed by atoms with Crippen LogP contribution in [-0.2, 0) is 11.3 Å². The average Bonchev–Trinajstić information content (AvgIpc) is 3.39. The topological polar surface area (TPSA) is 89.0 Å². The summed E-state index contributed by atoms with van der Waals surface area (Å²) in [6.45, 7) is 3.55. The summed E-state index contributed by atoms with van der Waals surface area (Å²) in [5.41, 5.74) is 3.61. The first-order valence-electron chi connectivity index (χ1n) is 10.1. The van der Waals surface area contributed by atoms with Crippen LogP contribution < -0.4 is 10.2 Å². The van der Waals surface area contributed by atoms with Crippen LogP contribution >= 0.6 is 11.3 Å². The minimum atomic E-state index is 0.568. The van der Waals surface area contributed by atoms with Gasteiger partial charge in [-0.15, -0.1) is 11.3 Å². The Morgan fingerprint density at radius 2 is 1.94 bits per heavy atom. The molecule has 0 amide bonds. The Bertz CT molecular complexity index is 1130. The number of anilines is 2. The van der Waals surface area contributed by atoms with Crippen LogP contribution in [0.3, 0.4) is 0 Å². The van der Waals surface area contributed by atoms with E-state index in [0.29, 0.717) is 31.7 Å². The van der Waals surface area contributed by atoms with Crippen molar-refractivity contribution in [1.29, 1.82) is 0 Å². The number of hydrogen-bond donors (Lipinski definition) is 1. The largest absolute Gasteiger partial charge is 0.378 e. The molecule has 0 bridgehead atoms. The third-order valence-corrected chi connectivity index (χ3v) is 5.81. The summed E-state index contributed by atoms with van der Waals surface area (Å²) in [6.07, 6.45) is 7.21. The van der Waals surface area contributed by atoms with Crippen molar-refractivity contribution in [3.8, 4) is 21.8 Å². The minimum absolute atomic E-state index is 0.568. The van der Waals surface area contributed by atoms with Crippen LogP contribution in [0.5, 0.6) is 0 Å². The molecule has 4 aromatic heterocycles. The van der Waals surface area contributed by atoms with E-state index in [1.165, 1.54) is 0 Å². The third-order valence-electron chi connectivity index (χ3n) is 4.93. The number of thiophene rings is 1. The molecule has 0 radical (unpaired) electrons. The van der Waals surface area contributed by atoms with E-state index in [2.05, 4.69) is 31.2 Å². The summed E-state index contributed by atoms with van der Waals surface area (Å²) < 4.78 is 5.45. The quantitative estimate of drug-likeness (QED) is 0.496. The van der Waals surface area contributed by atoms with Gasteiger partial charge in [-0.2, -0.15) is 0 Å². The third kappa shape index (κ3) is 4.52. The van der Waals surface area contributed by atoms with Crippen molar-refractivity contribution >= 4 is 23.2 Å². The lowest BCUT2D eigenvalue weighted by atomic mass is 10.1. The van der Waals surface area contributed by atoms with Crippen LogP contribution in [0.1, 0.15) is 5.56 Å². The van der Waals surface area contributed by atoms with Crippen molar-refractivity contribution in [1.82, 2.24) is 24.9 Å². The number of hydrogen-bond acceptors (Lipinski definition) is 9. The Hall–Kier alpha value is -3.43. The van der Waals surface area contributed by atoms with Gasteiger partial charge in [0.25, 0.3) is 0 Å². The molecule has 1 N–H and O–H groups in total. The summed E-state index contributed by atoms with van der Waals surface area (Å²) in [5.74, 6) is 1.27. The van der Waals surface area contributed by atoms with Crippen LogP contribution in [0, 0.1) is 0 Å². The fourth-order valence-electron chi connectivity index (χ4n) is 3.35. The van der Waals surface area contributed by atoms with Gasteiger partial charge in [0.05, 0.1) is 29.5 Å². The minimum Gasteiger partial charge on any atom is -0.378 e. The second-order valence-electron chi connectivity index (χ2n) is 6.99. The molecule has 5 rings (SSSR count). The van der Waals surface area contributed by atoms with Crippen LogP contribution in [-0.4, -0.2) is 51.2 Å². The molecule has 5 heterocycles. The highest BCUT2D eigenvalue weighted by molar-refractivity contribution is 7.13. The van der Waals surface area contributed by atoms with E-state index in [0.717, 1.165) is 40.5 Å². The standard InChI is InChI=1S/C22H21N7OS/c1-3-16(13-23-6-1)14-25-21-26-15-17(20(28-21)19-4-2-12-31-19)18-5-7-24-22(27-18)29-8-10-30-11-9-29/h1-7,12-13,15H,8-11,14H2,(H,25,26,28). The van der Waals surface area contributed by atoms with Crippen molar-refractivity contribution in [3.05, 3.63) is 66.1 Å². The molecule has 1 fully saturated rings. The lowest BCUT2D eigenvalue weighted by Gasteiger charge is -2.26. The van der Waals surface area contributed by atoms with Gasteiger partial charge in [0, 0.05) is 50.0 Å². The van der Waals surface area contributed by atoms with Crippen LogP contribution in [0.25, 0.3) is 21.8 Å². The van der Waals surface area contributed by atoms with Crippen LogP contribution in [0.4, 0.5) is 11.9 Å². The van der Waals surface area contributed by atoms with Gasteiger partial charge < -0.3 is 15.0 Å². The molecule has 0 aromatic carbocycles. The maximum Gasteiger partial charge on any atom is 0.226 e. The zero-order chi connectivity index (χ0) is 20.9. The van der Waals surface area contributed by atoms with Crippen molar-refractivity contribution in [2.24, 2.45) is 0 Å². The second-order valence-corrected chi connectivity index (χ2v) is 7.94. The fourth-order valence-corrected chi connectivity index (χ4v) is 4.08. The summed E-state index contributed by atoms with van der Waals surface area (Å²) in [4.78, 5) is 26.0. The van der Waals surface area contributed by atoms with E-state index in [9.17, 15) is 0 Å². The maximum absolute atomic E-state index is 5.45. The molecule has 8 nitrogen and oxygen atoms in total. The number of rotatable bonds is 6. The van der Waals surface area contributed by atoms with E-state index in [-0.39, 0.29) is 0 Å². The first-order valence-corrected chi connectivity index (χ1v) is 10.9. The number of pyridine rings is 1. The van der Waals surface area contributed by atoms with Crippen molar-refractivity contribution in [2.75, 3.05) is 36.5 Å². The maximum atomic E-state index is 5.45. The zero-order valence-electron chi connectivity index (χ0n) is 16.8. The van der Waals surface area contributed by atoms with Gasteiger partial charge in [0.1, 0.15) is 0 Å². The molecule has 31 heavy (non-hydrogen) atoms. The predicted molar refractivity (Wildman–Crippen MR) is 121 cm³/mol. The fraction of sp³-hybridized carbons (Fsp3) is 0.227. The lowest BCUT2D eigenvalue weighted by Crippen LogP contribution is -2.37. The van der Waals surface area contributed by atoms with Gasteiger partial charge >= 0.3 is 0 Å². The van der Waals surface area contributed by atoms with Crippen molar-refractivity contribution < 1.29 is 4.74 Å². The first-order chi connectivity index (χ1) is 15.4. The first kappa shape index (κ1) is 19.5. The van der Waals surface area contributed by atoms with Crippen molar-refractivity contribution in [3.63, 3.8) is 0 Å². The van der Waals surface area contributed by atoms with Gasteiger partial charge in [0.15, 0.2) is 0 Å². The van der Waals surface area contributed by atoms with Gasteiger partial charge in [-0.25, -0.2) is 19.9 Å². The second kappa shape index (κ2) is 9.15. The number of nitrogens with zero attached hydrogens (tertiary/aromatic N) is 6. The van der Waals surface area contributed by atoms with E-state index < -0.39 is 0 Å². The summed E-state index contributed by atoms with van der Waals surface area (Å²) >= 11 is 1.64. The van der Waals surface area contributed by atoms with Gasteiger partial charge in [-0.3, -0.25) is 4.98 Å². The molecule has 0 spiro atoms. The smallest absolute Gasteiger partial charge is 0.226 e. The number of nitrogens with one attached hydrogen (secondary N) is 1. The molecule has 1 saturated heterocycles. The Morgan fingerprint density at radius 3 is 2.74 bits per heavy atom. The molecule has 1 aliphatic rings. The molecule has 0 saturated carbocycles. The lowest BCUT2D eigenvalue weighted by molar-refractivity contribution is 0.122. The highest BCUT2D eigenvalue weighted by atomic mass is 32.1. The van der Waals surface area contributed by atoms with E-state index >= 15 is 0 Å². The summed E-state index contributed by atoms with van der Waals surface area (Å²) in [6, 6.07) is 9.92. The highest BCUT2D eigenvalue weighted by Crippen LogP contribution is 2.33. The molecule has 0 aliphatic carbocycles. The molecular weight excluding hydrogens is 410 g/mol. The Morgan fingerprint density at radius 1 is 1.00 bits per heavy atom. The van der Waals surface area contributed by atoms with E-state index in [4.69, 9.17) is 14.7 Å². The zero-order valence-corrected chi connectivity index (χ0v) is 17.6. The van der Waals surface area contributed by atoms with Gasteiger partial charge in [-0.05, 0) is 29.1 Å². The van der Waals surface area contributed by atoms with E-state index in [1.54, 1.807) is 23.7 Å². The molecule has 0 atom stereocenters. The molecule has 4 aromatic rings. The SMILES string of the molecule is c1cncc(CNc2ncc(-c3ccnc(N4CCOCC4)n3)c(-c3cccs3)n2)c1. The number of morpholine rings is 1. The molecule has 156 valence electrons. The predicted octanol–water partition coefficient (Wildman–Crippen LogP) is 3.51.